The largest absolute Gasteiger partial charge is 0.416 e. The molecule has 2 amide bonds. The predicted octanol–water partition coefficient (Wildman–Crippen LogP) is 2.64. The molecular weight excluding hydrogens is 285 g/mol. The summed E-state index contributed by atoms with van der Waals surface area (Å²) in [6.07, 6.45) is -3.04. The highest BCUT2D eigenvalue weighted by molar-refractivity contribution is 5.94. The molecule has 1 aromatic carbocycles. The van der Waals surface area contributed by atoms with Crippen LogP contribution in [0, 0.1) is 5.41 Å². The summed E-state index contributed by atoms with van der Waals surface area (Å²) in [5.74, 6) is -0.0879. The Kier molecular flexibility index (Phi) is 4.06. The summed E-state index contributed by atoms with van der Waals surface area (Å²) in [6.45, 7) is 0.469. The normalized spacial score (nSPS) is 18.6. The van der Waals surface area contributed by atoms with Crippen LogP contribution in [0.3, 0.4) is 0 Å². The predicted molar refractivity (Wildman–Crippen MR) is 72.1 cm³/mol. The Morgan fingerprint density at radius 2 is 1.95 bits per heavy atom. The monoisotopic (exact) mass is 300 g/mol. The zero-order valence-corrected chi connectivity index (χ0v) is 11.1. The average Bonchev–Trinajstić information content (AvgIpc) is 2.87. The number of nitrogens with one attached hydrogen (secondary N) is 2. The molecule has 114 valence electrons. The van der Waals surface area contributed by atoms with Gasteiger partial charge in [0.25, 0.3) is 0 Å². The topological polar surface area (TPSA) is 82.2 Å². The molecule has 21 heavy (non-hydrogen) atoms. The number of nitrogens with two attached hydrogens (primary N) is 1. The summed E-state index contributed by atoms with van der Waals surface area (Å²) in [5.41, 5.74) is 4.91. The van der Waals surface area contributed by atoms with Gasteiger partial charge in [0.2, 0.25) is 0 Å². The van der Waals surface area contributed by atoms with Crippen LogP contribution < -0.4 is 11.1 Å². The number of likely N-dealkylation sites (tertiary alicyclic amines) is 1. The quantitative estimate of drug-likeness (QED) is 0.579. The number of amidine groups is 1. The Hall–Kier alpha value is -2.25. The smallest absolute Gasteiger partial charge is 0.386 e. The van der Waals surface area contributed by atoms with Crippen molar-refractivity contribution in [2.75, 3.05) is 11.9 Å². The van der Waals surface area contributed by atoms with Gasteiger partial charge in [-0.05, 0) is 37.1 Å². The van der Waals surface area contributed by atoms with Gasteiger partial charge in [-0.1, -0.05) is 0 Å². The van der Waals surface area contributed by atoms with Gasteiger partial charge in [-0.2, -0.15) is 13.2 Å². The van der Waals surface area contributed by atoms with E-state index in [0.29, 0.717) is 13.0 Å². The Balaban J connectivity index is 2.04. The number of rotatable bonds is 2. The van der Waals surface area contributed by atoms with Crippen molar-refractivity contribution in [3.05, 3.63) is 29.8 Å². The minimum Gasteiger partial charge on any atom is -0.386 e. The first-order valence-electron chi connectivity index (χ1n) is 6.38. The third-order valence-corrected chi connectivity index (χ3v) is 3.34. The lowest BCUT2D eigenvalue weighted by Crippen LogP contribution is -2.45. The molecule has 0 spiro atoms. The van der Waals surface area contributed by atoms with E-state index in [-0.39, 0.29) is 11.5 Å². The number of nitrogens with zero attached hydrogens (tertiary/aromatic N) is 1. The van der Waals surface area contributed by atoms with E-state index in [0.717, 1.165) is 18.6 Å². The maximum atomic E-state index is 12.4. The van der Waals surface area contributed by atoms with E-state index in [1.807, 2.05) is 0 Å². The summed E-state index contributed by atoms with van der Waals surface area (Å²) in [5, 5.41) is 9.94. The molecule has 1 aliphatic heterocycles. The summed E-state index contributed by atoms with van der Waals surface area (Å²) >= 11 is 0. The van der Waals surface area contributed by atoms with E-state index >= 15 is 0 Å². The van der Waals surface area contributed by atoms with Crippen molar-refractivity contribution >= 4 is 17.6 Å². The molecule has 1 aliphatic rings. The number of anilines is 1. The van der Waals surface area contributed by atoms with Gasteiger partial charge in [0, 0.05) is 12.2 Å². The highest BCUT2D eigenvalue weighted by atomic mass is 19.4. The Morgan fingerprint density at radius 3 is 2.48 bits per heavy atom. The van der Waals surface area contributed by atoms with Gasteiger partial charge in [0.05, 0.1) is 11.6 Å². The zero-order chi connectivity index (χ0) is 15.6. The molecule has 1 aromatic rings. The fourth-order valence-corrected chi connectivity index (χ4v) is 2.27. The summed E-state index contributed by atoms with van der Waals surface area (Å²) in [7, 11) is 0. The molecule has 2 rings (SSSR count). The van der Waals surface area contributed by atoms with E-state index in [2.05, 4.69) is 5.32 Å². The number of amides is 2. The SMILES string of the molecule is N=C(N)C1CCCN1C(=O)Nc1ccc(C(F)(F)F)cc1. The molecule has 4 N–H and O–H groups in total. The number of halogens is 3. The molecule has 0 aromatic heterocycles. The molecule has 1 fully saturated rings. The Labute approximate surface area is 119 Å². The second kappa shape index (κ2) is 5.63. The average molecular weight is 300 g/mol. The fraction of sp³-hybridized carbons (Fsp3) is 0.385. The molecule has 0 saturated carbocycles. The Morgan fingerprint density at radius 1 is 1.33 bits per heavy atom. The van der Waals surface area contributed by atoms with Crippen molar-refractivity contribution < 1.29 is 18.0 Å². The highest BCUT2D eigenvalue weighted by Gasteiger charge is 2.32. The number of carbonyl (C=O) groups excluding carboxylic acids is 1. The van der Waals surface area contributed by atoms with Crippen LogP contribution >= 0.6 is 0 Å². The lowest BCUT2D eigenvalue weighted by atomic mass is 10.2. The Bertz CT molecular complexity index is 541. The van der Waals surface area contributed by atoms with Crippen LogP contribution in [-0.2, 0) is 6.18 Å². The van der Waals surface area contributed by atoms with E-state index in [1.54, 1.807) is 0 Å². The van der Waals surface area contributed by atoms with Crippen LogP contribution in [0.1, 0.15) is 18.4 Å². The van der Waals surface area contributed by atoms with Crippen LogP contribution in [-0.4, -0.2) is 29.4 Å². The summed E-state index contributed by atoms with van der Waals surface area (Å²) < 4.78 is 37.3. The first-order chi connectivity index (χ1) is 9.79. The molecule has 0 bridgehead atoms. The van der Waals surface area contributed by atoms with Gasteiger partial charge >= 0.3 is 12.2 Å². The van der Waals surface area contributed by atoms with Gasteiger partial charge in [0.1, 0.15) is 5.84 Å². The number of hydrogen-bond donors (Lipinski definition) is 3. The number of benzene rings is 1. The molecule has 1 unspecified atom stereocenters. The maximum absolute atomic E-state index is 12.4. The van der Waals surface area contributed by atoms with Crippen molar-refractivity contribution in [1.29, 1.82) is 5.41 Å². The molecule has 0 aliphatic carbocycles. The van der Waals surface area contributed by atoms with Crippen LogP contribution in [0.15, 0.2) is 24.3 Å². The lowest BCUT2D eigenvalue weighted by molar-refractivity contribution is -0.137. The van der Waals surface area contributed by atoms with Crippen molar-refractivity contribution in [2.45, 2.75) is 25.1 Å². The third-order valence-electron chi connectivity index (χ3n) is 3.34. The fourth-order valence-electron chi connectivity index (χ4n) is 2.27. The number of alkyl halides is 3. The van der Waals surface area contributed by atoms with E-state index in [1.165, 1.54) is 17.0 Å². The van der Waals surface area contributed by atoms with Crippen LogP contribution in [0.5, 0.6) is 0 Å². The standard InChI is InChI=1S/C13H15F3N4O/c14-13(15,16)8-3-5-9(6-4-8)19-12(21)20-7-1-2-10(20)11(17)18/h3-6,10H,1-2,7H2,(H3,17,18)(H,19,21). The molecule has 1 saturated heterocycles. The van der Waals surface area contributed by atoms with E-state index in [4.69, 9.17) is 11.1 Å². The van der Waals surface area contributed by atoms with Crippen LogP contribution in [0.4, 0.5) is 23.7 Å². The number of hydrogen-bond acceptors (Lipinski definition) is 2. The molecule has 1 heterocycles. The van der Waals surface area contributed by atoms with Crippen molar-refractivity contribution in [1.82, 2.24) is 4.90 Å². The molecule has 8 heteroatoms. The maximum Gasteiger partial charge on any atom is 0.416 e. The summed E-state index contributed by atoms with van der Waals surface area (Å²) in [6, 6.07) is 3.29. The van der Waals surface area contributed by atoms with Crippen LogP contribution in [0.2, 0.25) is 0 Å². The van der Waals surface area contributed by atoms with Gasteiger partial charge in [-0.25, -0.2) is 4.79 Å². The van der Waals surface area contributed by atoms with Gasteiger partial charge in [0.15, 0.2) is 0 Å². The molecule has 1 atom stereocenters. The number of carbonyl (C=O) groups is 1. The third kappa shape index (κ3) is 3.45. The first-order valence-corrected chi connectivity index (χ1v) is 6.38. The van der Waals surface area contributed by atoms with Crippen LogP contribution in [0.25, 0.3) is 0 Å². The van der Waals surface area contributed by atoms with Gasteiger partial charge < -0.3 is 16.0 Å². The molecular formula is C13H15F3N4O. The zero-order valence-electron chi connectivity index (χ0n) is 11.1. The van der Waals surface area contributed by atoms with E-state index < -0.39 is 23.8 Å². The van der Waals surface area contributed by atoms with Crippen molar-refractivity contribution in [3.63, 3.8) is 0 Å². The second-order valence-corrected chi connectivity index (χ2v) is 4.81. The molecule has 0 radical (unpaired) electrons. The summed E-state index contributed by atoms with van der Waals surface area (Å²) in [4.78, 5) is 13.5. The second-order valence-electron chi connectivity index (χ2n) is 4.81. The van der Waals surface area contributed by atoms with Crippen molar-refractivity contribution in [2.24, 2.45) is 5.73 Å². The highest BCUT2D eigenvalue weighted by Crippen LogP contribution is 2.30. The van der Waals surface area contributed by atoms with Crippen molar-refractivity contribution in [3.8, 4) is 0 Å². The van der Waals surface area contributed by atoms with E-state index in [9.17, 15) is 18.0 Å². The van der Waals surface area contributed by atoms with Gasteiger partial charge in [-0.15, -0.1) is 0 Å². The first kappa shape index (κ1) is 15.1. The van der Waals surface area contributed by atoms with Gasteiger partial charge in [-0.3, -0.25) is 5.41 Å². The molecule has 5 nitrogen and oxygen atoms in total. The minimum atomic E-state index is -4.41. The lowest BCUT2D eigenvalue weighted by Gasteiger charge is -2.24. The minimum absolute atomic E-state index is 0.0879. The number of urea groups is 1.